The van der Waals surface area contributed by atoms with Gasteiger partial charge in [-0.15, -0.1) is 0 Å². The number of nitrogens with one attached hydrogen (secondary N) is 1. The fourth-order valence-corrected chi connectivity index (χ4v) is 2.60. The molecule has 2 heterocycles. The van der Waals surface area contributed by atoms with Gasteiger partial charge in [-0.3, -0.25) is 9.59 Å². The average Bonchev–Trinajstić information content (AvgIpc) is 3.00. The zero-order chi connectivity index (χ0) is 15.2. The van der Waals surface area contributed by atoms with Crippen LogP contribution in [-0.2, 0) is 11.2 Å². The summed E-state index contributed by atoms with van der Waals surface area (Å²) in [6.45, 7) is 3.98. The van der Waals surface area contributed by atoms with Crippen LogP contribution in [0.1, 0.15) is 42.2 Å². The van der Waals surface area contributed by atoms with Crippen molar-refractivity contribution >= 4 is 23.4 Å². The minimum atomic E-state index is -0.219. The van der Waals surface area contributed by atoms with Gasteiger partial charge in [0.05, 0.1) is 0 Å². The van der Waals surface area contributed by atoms with Crippen LogP contribution in [0, 0.1) is 0 Å². The monoisotopic (exact) mass is 309 g/mol. The highest BCUT2D eigenvalue weighted by Gasteiger charge is 2.17. The summed E-state index contributed by atoms with van der Waals surface area (Å²) in [5, 5.41) is 3.07. The van der Waals surface area contributed by atoms with E-state index < -0.39 is 0 Å². The minimum absolute atomic E-state index is 0.106. The Morgan fingerprint density at radius 1 is 1.33 bits per heavy atom. The normalized spacial score (nSPS) is 14.3. The molecule has 6 heteroatoms. The van der Waals surface area contributed by atoms with Crippen LogP contribution >= 0.6 is 11.6 Å². The topological polar surface area (TPSA) is 62.3 Å². The molecule has 0 spiro atoms. The Morgan fingerprint density at radius 3 is 2.71 bits per heavy atom. The quantitative estimate of drug-likeness (QED) is 0.847. The Bertz CT molecular complexity index is 528. The lowest BCUT2D eigenvalue weighted by molar-refractivity contribution is -0.129. The molecule has 1 aromatic heterocycles. The van der Waals surface area contributed by atoms with E-state index in [9.17, 15) is 9.59 Å². The van der Waals surface area contributed by atoms with Gasteiger partial charge in [0.15, 0.2) is 0 Å². The molecule has 0 radical (unpaired) electrons. The van der Waals surface area contributed by atoms with Gasteiger partial charge in [0.1, 0.15) is 5.15 Å². The molecule has 21 heavy (non-hydrogen) atoms. The highest BCUT2D eigenvalue weighted by atomic mass is 35.5. The summed E-state index contributed by atoms with van der Waals surface area (Å²) >= 11 is 5.89. The number of likely N-dealkylation sites (tertiary alicyclic amines) is 1. The Morgan fingerprint density at radius 2 is 2.05 bits per heavy atom. The number of halogens is 1. The summed E-state index contributed by atoms with van der Waals surface area (Å²) in [5.41, 5.74) is 1.27. The average molecular weight is 310 g/mol. The van der Waals surface area contributed by atoms with Gasteiger partial charge < -0.3 is 10.2 Å². The van der Waals surface area contributed by atoms with E-state index >= 15 is 0 Å². The molecule has 0 unspecified atom stereocenters. The van der Waals surface area contributed by atoms with E-state index in [1.807, 2.05) is 11.8 Å². The zero-order valence-electron chi connectivity index (χ0n) is 12.2. The third kappa shape index (κ3) is 4.43. The maximum absolute atomic E-state index is 12.0. The maximum Gasteiger partial charge on any atom is 0.251 e. The van der Waals surface area contributed by atoms with Gasteiger partial charge in [-0.2, -0.15) is 0 Å². The number of hydrogen-bond acceptors (Lipinski definition) is 3. The third-order valence-electron chi connectivity index (χ3n) is 3.55. The van der Waals surface area contributed by atoms with Gasteiger partial charge in [-0.25, -0.2) is 4.98 Å². The summed E-state index contributed by atoms with van der Waals surface area (Å²) in [6.07, 6.45) is 3.21. The number of carbonyl (C=O) groups is 2. The second kappa shape index (κ2) is 7.41. The first-order valence-electron chi connectivity index (χ1n) is 7.32. The maximum atomic E-state index is 12.0. The molecule has 1 saturated heterocycles. The molecule has 1 N–H and O–H groups in total. The molecular formula is C15H20ClN3O2. The second-order valence-electron chi connectivity index (χ2n) is 5.12. The molecule has 1 aromatic rings. The second-order valence-corrected chi connectivity index (χ2v) is 5.50. The number of amides is 2. The number of hydrogen-bond donors (Lipinski definition) is 1. The molecule has 0 aromatic carbocycles. The number of nitrogens with zero attached hydrogens (tertiary/aromatic N) is 2. The van der Waals surface area contributed by atoms with Crippen LogP contribution in [0.2, 0.25) is 5.15 Å². The summed E-state index contributed by atoms with van der Waals surface area (Å²) in [7, 11) is 0. The highest BCUT2D eigenvalue weighted by molar-refractivity contribution is 6.29. The smallest absolute Gasteiger partial charge is 0.251 e. The van der Waals surface area contributed by atoms with E-state index in [2.05, 4.69) is 10.3 Å². The molecule has 2 rings (SSSR count). The molecule has 5 nitrogen and oxygen atoms in total. The number of rotatable bonds is 5. The van der Waals surface area contributed by atoms with Crippen LogP contribution < -0.4 is 5.32 Å². The lowest BCUT2D eigenvalue weighted by Gasteiger charge is -2.15. The standard InChI is InChI=1S/C15H20ClN3O2/c1-2-12-9-11(10-13(16)18-12)15(21)17-6-5-14(20)19-7-3-4-8-19/h9-10H,2-8H2,1H3,(H,17,21). The molecule has 0 aliphatic carbocycles. The first-order chi connectivity index (χ1) is 10.1. The van der Waals surface area contributed by atoms with Gasteiger partial charge >= 0.3 is 0 Å². The van der Waals surface area contributed by atoms with Crippen molar-refractivity contribution in [3.8, 4) is 0 Å². The van der Waals surface area contributed by atoms with E-state index in [0.29, 0.717) is 30.1 Å². The van der Waals surface area contributed by atoms with Gasteiger partial charge in [-0.05, 0) is 31.4 Å². The van der Waals surface area contributed by atoms with Crippen molar-refractivity contribution in [2.45, 2.75) is 32.6 Å². The Labute approximate surface area is 129 Å². The summed E-state index contributed by atoms with van der Waals surface area (Å²) in [5.74, 6) is -0.113. The fourth-order valence-electron chi connectivity index (χ4n) is 2.37. The van der Waals surface area contributed by atoms with Crippen molar-refractivity contribution in [3.63, 3.8) is 0 Å². The fraction of sp³-hybridized carbons (Fsp3) is 0.533. The molecule has 1 fully saturated rings. The Balaban J connectivity index is 1.84. The summed E-state index contributed by atoms with van der Waals surface area (Å²) in [4.78, 5) is 29.9. The van der Waals surface area contributed by atoms with Gasteiger partial charge in [0.2, 0.25) is 5.91 Å². The Kier molecular flexibility index (Phi) is 5.56. The predicted molar refractivity (Wildman–Crippen MR) is 81.4 cm³/mol. The van der Waals surface area contributed by atoms with Crippen LogP contribution in [0.4, 0.5) is 0 Å². The lowest BCUT2D eigenvalue weighted by Crippen LogP contribution is -2.32. The van der Waals surface area contributed by atoms with E-state index in [0.717, 1.165) is 31.6 Å². The van der Waals surface area contributed by atoms with E-state index in [1.54, 1.807) is 12.1 Å². The summed E-state index contributed by atoms with van der Waals surface area (Å²) in [6, 6.07) is 3.27. The Hall–Kier alpha value is -1.62. The van der Waals surface area contributed by atoms with Gasteiger partial charge in [0.25, 0.3) is 5.91 Å². The third-order valence-corrected chi connectivity index (χ3v) is 3.75. The summed E-state index contributed by atoms with van der Waals surface area (Å²) < 4.78 is 0. The zero-order valence-corrected chi connectivity index (χ0v) is 12.9. The van der Waals surface area contributed by atoms with Crippen molar-refractivity contribution in [1.29, 1.82) is 0 Å². The number of carbonyl (C=O) groups excluding carboxylic acids is 2. The van der Waals surface area contributed by atoms with Crippen molar-refractivity contribution in [2.75, 3.05) is 19.6 Å². The molecule has 114 valence electrons. The van der Waals surface area contributed by atoms with Crippen LogP contribution in [0.25, 0.3) is 0 Å². The number of aryl methyl sites for hydroxylation is 1. The van der Waals surface area contributed by atoms with Crippen LogP contribution in [-0.4, -0.2) is 41.3 Å². The number of aromatic nitrogens is 1. The van der Waals surface area contributed by atoms with Gasteiger partial charge in [-0.1, -0.05) is 18.5 Å². The first-order valence-corrected chi connectivity index (χ1v) is 7.70. The SMILES string of the molecule is CCc1cc(C(=O)NCCC(=O)N2CCCC2)cc(Cl)n1. The molecule has 0 bridgehead atoms. The van der Waals surface area contributed by atoms with E-state index in [-0.39, 0.29) is 11.8 Å². The molecular weight excluding hydrogens is 290 g/mol. The molecule has 1 aliphatic rings. The minimum Gasteiger partial charge on any atom is -0.352 e. The van der Waals surface area contributed by atoms with Crippen molar-refractivity contribution in [1.82, 2.24) is 15.2 Å². The van der Waals surface area contributed by atoms with Gasteiger partial charge in [0, 0.05) is 37.3 Å². The van der Waals surface area contributed by atoms with E-state index in [1.165, 1.54) is 0 Å². The molecule has 0 saturated carbocycles. The predicted octanol–water partition coefficient (Wildman–Crippen LogP) is 2.04. The van der Waals surface area contributed by atoms with Crippen molar-refractivity contribution < 1.29 is 9.59 Å². The molecule has 1 aliphatic heterocycles. The first kappa shape index (κ1) is 15.8. The lowest BCUT2D eigenvalue weighted by atomic mass is 10.2. The van der Waals surface area contributed by atoms with Crippen LogP contribution in [0.5, 0.6) is 0 Å². The van der Waals surface area contributed by atoms with Crippen molar-refractivity contribution in [3.05, 3.63) is 28.5 Å². The van der Waals surface area contributed by atoms with Crippen molar-refractivity contribution in [2.24, 2.45) is 0 Å². The van der Waals surface area contributed by atoms with Crippen LogP contribution in [0.15, 0.2) is 12.1 Å². The number of pyridine rings is 1. The largest absolute Gasteiger partial charge is 0.352 e. The van der Waals surface area contributed by atoms with Crippen LogP contribution in [0.3, 0.4) is 0 Å². The van der Waals surface area contributed by atoms with E-state index in [4.69, 9.17) is 11.6 Å². The highest BCUT2D eigenvalue weighted by Crippen LogP contribution is 2.12. The molecule has 0 atom stereocenters. The molecule has 2 amide bonds.